The van der Waals surface area contributed by atoms with Gasteiger partial charge in [-0.05, 0) is 42.5 Å². The van der Waals surface area contributed by atoms with Crippen LogP contribution in [0.4, 0.5) is 0 Å². The molecule has 0 amide bonds. The van der Waals surface area contributed by atoms with Crippen LogP contribution in [0, 0.1) is 0 Å². The summed E-state index contributed by atoms with van der Waals surface area (Å²) < 4.78 is 6.32. The molecule has 3 aromatic carbocycles. The minimum atomic E-state index is 0.866. The van der Waals surface area contributed by atoms with E-state index in [0.29, 0.717) is 0 Å². The fourth-order valence-corrected chi connectivity index (χ4v) is 4.52. The molecule has 0 radical (unpaired) electrons. The first-order valence-electron chi connectivity index (χ1n) is 7.55. The summed E-state index contributed by atoms with van der Waals surface area (Å²) in [5.41, 5.74) is 2.01. The quantitative estimate of drug-likeness (QED) is 0.379. The standard InChI is InChI=1S/C20H14BrNOS/c1-23-13-9-11-14(12-10-13)24-20-15-5-2-3-7-17(15)22-18-8-4-6-16(21)19(18)20/h2-12H,1H3. The number of halogens is 1. The lowest BCUT2D eigenvalue weighted by molar-refractivity contribution is 0.414. The molecule has 0 aliphatic carbocycles. The monoisotopic (exact) mass is 395 g/mol. The Kier molecular flexibility index (Phi) is 4.17. The van der Waals surface area contributed by atoms with Gasteiger partial charge in [-0.3, -0.25) is 0 Å². The maximum absolute atomic E-state index is 5.25. The average Bonchev–Trinajstić information content (AvgIpc) is 2.62. The number of para-hydroxylation sites is 1. The summed E-state index contributed by atoms with van der Waals surface area (Å²) in [5, 5.41) is 2.31. The Morgan fingerprint density at radius 2 is 1.62 bits per heavy atom. The number of ether oxygens (including phenoxy) is 1. The molecular formula is C20H14BrNOS. The van der Waals surface area contributed by atoms with E-state index in [1.807, 2.05) is 24.3 Å². The van der Waals surface area contributed by atoms with Crippen LogP contribution in [0.3, 0.4) is 0 Å². The Morgan fingerprint density at radius 1 is 0.875 bits per heavy atom. The third kappa shape index (κ3) is 2.76. The Bertz CT molecular complexity index is 1030. The highest BCUT2D eigenvalue weighted by molar-refractivity contribution is 9.10. The molecule has 0 aliphatic heterocycles. The van der Waals surface area contributed by atoms with Gasteiger partial charge in [-0.2, -0.15) is 0 Å². The van der Waals surface area contributed by atoms with Crippen LogP contribution < -0.4 is 4.74 Å². The molecule has 24 heavy (non-hydrogen) atoms. The Balaban J connectivity index is 1.95. The van der Waals surface area contributed by atoms with E-state index in [1.165, 1.54) is 9.79 Å². The zero-order valence-electron chi connectivity index (χ0n) is 13.0. The van der Waals surface area contributed by atoms with Crippen molar-refractivity contribution in [3.63, 3.8) is 0 Å². The van der Waals surface area contributed by atoms with Crippen molar-refractivity contribution in [1.82, 2.24) is 4.98 Å². The summed E-state index contributed by atoms with van der Waals surface area (Å²) in [6.07, 6.45) is 0. The molecule has 4 heteroatoms. The maximum Gasteiger partial charge on any atom is 0.118 e. The first kappa shape index (κ1) is 15.5. The van der Waals surface area contributed by atoms with Gasteiger partial charge in [0.1, 0.15) is 5.75 Å². The summed E-state index contributed by atoms with van der Waals surface area (Å²) >= 11 is 5.45. The molecule has 118 valence electrons. The summed E-state index contributed by atoms with van der Waals surface area (Å²) in [5.74, 6) is 0.866. The van der Waals surface area contributed by atoms with Crippen molar-refractivity contribution in [3.05, 3.63) is 71.2 Å². The molecule has 0 bridgehead atoms. The van der Waals surface area contributed by atoms with Crippen molar-refractivity contribution in [2.75, 3.05) is 7.11 Å². The lowest BCUT2D eigenvalue weighted by atomic mass is 10.1. The summed E-state index contributed by atoms with van der Waals surface area (Å²) in [4.78, 5) is 7.19. The number of rotatable bonds is 3. The van der Waals surface area contributed by atoms with Gasteiger partial charge in [-0.1, -0.05) is 52.0 Å². The number of fused-ring (bicyclic) bond motifs is 2. The Hall–Kier alpha value is -2.04. The third-order valence-corrected chi connectivity index (χ3v) is 5.68. The van der Waals surface area contributed by atoms with E-state index in [1.54, 1.807) is 18.9 Å². The zero-order valence-corrected chi connectivity index (χ0v) is 15.4. The van der Waals surface area contributed by atoms with Crippen LogP contribution in [0.5, 0.6) is 5.75 Å². The molecule has 0 fully saturated rings. The zero-order chi connectivity index (χ0) is 16.5. The molecule has 0 N–H and O–H groups in total. The van der Waals surface area contributed by atoms with Gasteiger partial charge in [-0.25, -0.2) is 4.98 Å². The second-order valence-electron chi connectivity index (χ2n) is 5.37. The van der Waals surface area contributed by atoms with Gasteiger partial charge >= 0.3 is 0 Å². The van der Waals surface area contributed by atoms with Crippen LogP contribution in [0.15, 0.2) is 81.0 Å². The fourth-order valence-electron chi connectivity index (χ4n) is 2.73. The van der Waals surface area contributed by atoms with Gasteiger partial charge in [0.25, 0.3) is 0 Å². The summed E-state index contributed by atoms with van der Waals surface area (Å²) in [6.45, 7) is 0. The molecule has 4 rings (SSSR count). The van der Waals surface area contributed by atoms with Crippen LogP contribution in [0.2, 0.25) is 0 Å². The van der Waals surface area contributed by atoms with Gasteiger partial charge in [0.15, 0.2) is 0 Å². The first-order valence-corrected chi connectivity index (χ1v) is 9.16. The van der Waals surface area contributed by atoms with Crippen LogP contribution in [-0.2, 0) is 0 Å². The lowest BCUT2D eigenvalue weighted by Crippen LogP contribution is -1.88. The van der Waals surface area contributed by atoms with E-state index >= 15 is 0 Å². The number of hydrogen-bond donors (Lipinski definition) is 0. The number of nitrogens with zero attached hydrogens (tertiary/aromatic N) is 1. The van der Waals surface area contributed by atoms with Crippen LogP contribution in [0.1, 0.15) is 0 Å². The van der Waals surface area contributed by atoms with Gasteiger partial charge < -0.3 is 4.74 Å². The van der Waals surface area contributed by atoms with Crippen molar-refractivity contribution < 1.29 is 4.74 Å². The predicted octanol–water partition coefficient (Wildman–Crippen LogP) is 6.31. The Morgan fingerprint density at radius 3 is 2.42 bits per heavy atom. The normalized spacial score (nSPS) is 11.1. The van der Waals surface area contributed by atoms with E-state index in [9.17, 15) is 0 Å². The van der Waals surface area contributed by atoms with Crippen LogP contribution >= 0.6 is 27.7 Å². The van der Waals surface area contributed by atoms with Gasteiger partial charge in [0.2, 0.25) is 0 Å². The third-order valence-electron chi connectivity index (χ3n) is 3.89. The molecule has 0 unspecified atom stereocenters. The molecule has 2 nitrogen and oxygen atoms in total. The van der Waals surface area contributed by atoms with Gasteiger partial charge in [0, 0.05) is 25.0 Å². The number of benzene rings is 3. The van der Waals surface area contributed by atoms with Crippen LogP contribution in [0.25, 0.3) is 21.8 Å². The van der Waals surface area contributed by atoms with Gasteiger partial charge in [0.05, 0.1) is 18.1 Å². The molecule has 1 heterocycles. The summed E-state index contributed by atoms with van der Waals surface area (Å²) in [7, 11) is 1.68. The average molecular weight is 396 g/mol. The predicted molar refractivity (Wildman–Crippen MR) is 104 cm³/mol. The second kappa shape index (κ2) is 6.46. The molecule has 0 saturated heterocycles. The van der Waals surface area contributed by atoms with Crippen molar-refractivity contribution in [2.45, 2.75) is 9.79 Å². The van der Waals surface area contributed by atoms with Crippen molar-refractivity contribution in [1.29, 1.82) is 0 Å². The second-order valence-corrected chi connectivity index (χ2v) is 7.31. The highest BCUT2D eigenvalue weighted by atomic mass is 79.9. The highest BCUT2D eigenvalue weighted by Crippen LogP contribution is 2.41. The SMILES string of the molecule is COc1ccc(Sc2c3ccccc3nc3cccc(Br)c23)cc1. The van der Waals surface area contributed by atoms with Gasteiger partial charge in [-0.15, -0.1) is 0 Å². The van der Waals surface area contributed by atoms with Crippen LogP contribution in [-0.4, -0.2) is 12.1 Å². The molecular weight excluding hydrogens is 382 g/mol. The molecule has 0 aliphatic rings. The number of hydrogen-bond acceptors (Lipinski definition) is 3. The Labute approximate surface area is 153 Å². The topological polar surface area (TPSA) is 22.1 Å². The smallest absolute Gasteiger partial charge is 0.118 e. The van der Waals surface area contributed by atoms with E-state index in [2.05, 4.69) is 58.4 Å². The van der Waals surface area contributed by atoms with E-state index < -0.39 is 0 Å². The minimum absolute atomic E-state index is 0.866. The first-order chi connectivity index (χ1) is 11.8. The lowest BCUT2D eigenvalue weighted by Gasteiger charge is -2.12. The van der Waals surface area contributed by atoms with E-state index in [-0.39, 0.29) is 0 Å². The fraction of sp³-hybridized carbons (Fsp3) is 0.0500. The van der Waals surface area contributed by atoms with Crippen molar-refractivity contribution >= 4 is 49.5 Å². The number of methoxy groups -OCH3 is 1. The molecule has 0 spiro atoms. The molecule has 0 atom stereocenters. The molecule has 0 saturated carbocycles. The van der Waals surface area contributed by atoms with E-state index in [4.69, 9.17) is 9.72 Å². The number of pyridine rings is 1. The van der Waals surface area contributed by atoms with Crippen molar-refractivity contribution in [2.24, 2.45) is 0 Å². The molecule has 4 aromatic rings. The van der Waals surface area contributed by atoms with E-state index in [0.717, 1.165) is 32.0 Å². The van der Waals surface area contributed by atoms with Crippen molar-refractivity contribution in [3.8, 4) is 5.75 Å². The minimum Gasteiger partial charge on any atom is -0.497 e. The largest absolute Gasteiger partial charge is 0.497 e. The molecule has 1 aromatic heterocycles. The maximum atomic E-state index is 5.25. The number of aromatic nitrogens is 1. The summed E-state index contributed by atoms with van der Waals surface area (Å²) in [6, 6.07) is 22.6. The highest BCUT2D eigenvalue weighted by Gasteiger charge is 2.13.